The molecule has 0 bridgehead atoms. The van der Waals surface area contributed by atoms with Crippen LogP contribution in [0, 0.1) is 0 Å². The number of hydrogen-bond acceptors (Lipinski definition) is 2. The van der Waals surface area contributed by atoms with Gasteiger partial charge >= 0.3 is 6.18 Å². The summed E-state index contributed by atoms with van der Waals surface area (Å²) in [5.41, 5.74) is -0.945. The molecule has 3 nitrogen and oxygen atoms in total. The Morgan fingerprint density at radius 3 is 2.45 bits per heavy atom. The molecule has 0 saturated heterocycles. The van der Waals surface area contributed by atoms with E-state index in [4.69, 9.17) is 0 Å². The molecule has 0 fully saturated rings. The van der Waals surface area contributed by atoms with Crippen LogP contribution in [-0.2, 0) is 12.7 Å². The van der Waals surface area contributed by atoms with Gasteiger partial charge in [0.15, 0.2) is 5.69 Å². The minimum Gasteiger partial charge on any atom is -0.185 e. The maximum Gasteiger partial charge on any atom is 0.436 e. The molecule has 0 saturated carbocycles. The lowest BCUT2D eigenvalue weighted by Crippen LogP contribution is -2.07. The summed E-state index contributed by atoms with van der Waals surface area (Å²) in [6.07, 6.45) is -3.67. The van der Waals surface area contributed by atoms with Gasteiger partial charge in [-0.05, 0) is 6.92 Å². The molecule has 6 heteroatoms. The van der Waals surface area contributed by atoms with Gasteiger partial charge in [-0.15, -0.1) is 5.10 Å². The van der Waals surface area contributed by atoms with Crippen molar-refractivity contribution in [3.05, 3.63) is 11.9 Å². The number of halogens is 3. The Morgan fingerprint density at radius 2 is 2.18 bits per heavy atom. The van der Waals surface area contributed by atoms with Gasteiger partial charge in [-0.2, -0.15) is 23.1 Å². The summed E-state index contributed by atoms with van der Waals surface area (Å²) in [7, 11) is 0. The van der Waals surface area contributed by atoms with Gasteiger partial charge in [0.1, 0.15) is 0 Å². The van der Waals surface area contributed by atoms with Crippen LogP contribution in [0.15, 0.2) is 6.20 Å². The number of nitrogens with zero attached hydrogens (tertiary/aromatic N) is 3. The molecule has 0 aliphatic rings. The van der Waals surface area contributed by atoms with Gasteiger partial charge in [-0.1, -0.05) is 0 Å². The van der Waals surface area contributed by atoms with Crippen LogP contribution < -0.4 is 0 Å². The predicted octanol–water partition coefficient (Wildman–Crippen LogP) is 1.32. The van der Waals surface area contributed by atoms with Gasteiger partial charge < -0.3 is 0 Å². The summed E-state index contributed by atoms with van der Waals surface area (Å²) in [6, 6.07) is 0. The number of alkyl halides is 3. The number of aryl methyl sites for hydroxylation is 1. The van der Waals surface area contributed by atoms with Crippen LogP contribution in [0.4, 0.5) is 13.2 Å². The zero-order chi connectivity index (χ0) is 8.48. The van der Waals surface area contributed by atoms with Crippen molar-refractivity contribution >= 4 is 0 Å². The van der Waals surface area contributed by atoms with E-state index < -0.39 is 11.9 Å². The molecule has 0 N–H and O–H groups in total. The molecule has 1 aromatic heterocycles. The second kappa shape index (κ2) is 2.52. The molecule has 1 rings (SSSR count). The third kappa shape index (κ3) is 1.69. The van der Waals surface area contributed by atoms with Gasteiger partial charge in [0, 0.05) is 0 Å². The summed E-state index contributed by atoms with van der Waals surface area (Å²) < 4.78 is 35.5. The van der Waals surface area contributed by atoms with E-state index in [1.54, 1.807) is 6.92 Å². The predicted molar refractivity (Wildman–Crippen MR) is 30.7 cm³/mol. The second-order valence-corrected chi connectivity index (χ2v) is 1.92. The van der Waals surface area contributed by atoms with E-state index in [-0.39, 0.29) is 0 Å². The fourth-order valence-electron chi connectivity index (χ4n) is 0.580. The third-order valence-electron chi connectivity index (χ3n) is 1.11. The molecule has 0 unspecified atom stereocenters. The van der Waals surface area contributed by atoms with Crippen molar-refractivity contribution in [3.63, 3.8) is 0 Å². The molecule has 1 aromatic rings. The van der Waals surface area contributed by atoms with Crippen LogP contribution in [0.5, 0.6) is 0 Å². The van der Waals surface area contributed by atoms with E-state index in [1.165, 1.54) is 0 Å². The zero-order valence-electron chi connectivity index (χ0n) is 5.76. The quantitative estimate of drug-likeness (QED) is 0.628. The van der Waals surface area contributed by atoms with Gasteiger partial charge in [0.25, 0.3) is 0 Å². The van der Waals surface area contributed by atoms with Crippen LogP contribution in [0.2, 0.25) is 0 Å². The Morgan fingerprint density at radius 1 is 1.55 bits per heavy atom. The Balaban J connectivity index is 2.89. The SMILES string of the molecule is CCn1ncc(C(F)(F)F)n1. The first-order chi connectivity index (χ1) is 5.04. The maximum absolute atomic E-state index is 11.8. The van der Waals surface area contributed by atoms with Crippen LogP contribution in [0.3, 0.4) is 0 Å². The summed E-state index contributed by atoms with van der Waals surface area (Å²) in [5.74, 6) is 0. The summed E-state index contributed by atoms with van der Waals surface area (Å²) in [4.78, 5) is 0.989. The Labute approximate surface area is 60.8 Å². The van der Waals surface area contributed by atoms with Crippen LogP contribution in [0.1, 0.15) is 12.6 Å². The fraction of sp³-hybridized carbons (Fsp3) is 0.600. The van der Waals surface area contributed by atoms with Gasteiger partial charge in [-0.3, -0.25) is 0 Å². The average molecular weight is 165 g/mol. The first-order valence-electron chi connectivity index (χ1n) is 3.01. The van der Waals surface area contributed by atoms with Crippen molar-refractivity contribution in [2.45, 2.75) is 19.6 Å². The van der Waals surface area contributed by atoms with E-state index in [0.717, 1.165) is 4.80 Å². The Kier molecular flexibility index (Phi) is 1.84. The van der Waals surface area contributed by atoms with Gasteiger partial charge in [0.2, 0.25) is 0 Å². The molecule has 11 heavy (non-hydrogen) atoms. The molecule has 1 heterocycles. The van der Waals surface area contributed by atoms with E-state index >= 15 is 0 Å². The molecular weight excluding hydrogens is 159 g/mol. The lowest BCUT2D eigenvalue weighted by molar-refractivity contribution is -0.141. The summed E-state index contributed by atoms with van der Waals surface area (Å²) in [5, 5.41) is 6.57. The highest BCUT2D eigenvalue weighted by atomic mass is 19.4. The molecule has 0 atom stereocenters. The minimum atomic E-state index is -4.38. The minimum absolute atomic E-state index is 0.343. The smallest absolute Gasteiger partial charge is 0.185 e. The average Bonchev–Trinajstić information content (AvgIpc) is 2.32. The van der Waals surface area contributed by atoms with Gasteiger partial charge in [0.05, 0.1) is 12.7 Å². The van der Waals surface area contributed by atoms with Crippen molar-refractivity contribution in [1.82, 2.24) is 15.0 Å². The highest BCUT2D eigenvalue weighted by Gasteiger charge is 2.34. The van der Waals surface area contributed by atoms with Crippen LogP contribution in [-0.4, -0.2) is 15.0 Å². The maximum atomic E-state index is 11.8. The normalized spacial score (nSPS) is 12.0. The van der Waals surface area contributed by atoms with Crippen molar-refractivity contribution in [1.29, 1.82) is 0 Å². The topological polar surface area (TPSA) is 30.7 Å². The van der Waals surface area contributed by atoms with Crippen molar-refractivity contribution in [2.75, 3.05) is 0 Å². The van der Waals surface area contributed by atoms with Crippen LogP contribution in [0.25, 0.3) is 0 Å². The van der Waals surface area contributed by atoms with E-state index in [9.17, 15) is 13.2 Å². The lowest BCUT2D eigenvalue weighted by Gasteiger charge is -1.98. The highest BCUT2D eigenvalue weighted by molar-refractivity contribution is 4.96. The molecule has 0 amide bonds. The molecule has 0 aliphatic carbocycles. The molecule has 62 valence electrons. The number of aromatic nitrogens is 3. The first-order valence-corrected chi connectivity index (χ1v) is 3.01. The number of hydrogen-bond donors (Lipinski definition) is 0. The van der Waals surface area contributed by atoms with E-state index in [1.807, 2.05) is 0 Å². The molecule has 0 aromatic carbocycles. The van der Waals surface area contributed by atoms with E-state index in [2.05, 4.69) is 10.2 Å². The largest absolute Gasteiger partial charge is 0.436 e. The lowest BCUT2D eigenvalue weighted by atomic mass is 10.5. The van der Waals surface area contributed by atoms with Crippen molar-refractivity contribution in [2.24, 2.45) is 0 Å². The van der Waals surface area contributed by atoms with E-state index in [0.29, 0.717) is 12.7 Å². The zero-order valence-corrected chi connectivity index (χ0v) is 5.76. The molecule has 0 radical (unpaired) electrons. The molecule has 0 spiro atoms. The fourth-order valence-corrected chi connectivity index (χ4v) is 0.580. The Bertz CT molecular complexity index is 239. The number of rotatable bonds is 1. The van der Waals surface area contributed by atoms with Crippen molar-refractivity contribution < 1.29 is 13.2 Å². The monoisotopic (exact) mass is 165 g/mol. The van der Waals surface area contributed by atoms with Gasteiger partial charge in [-0.25, -0.2) is 0 Å². The molecule has 0 aliphatic heterocycles. The first kappa shape index (κ1) is 8.03. The Hall–Kier alpha value is -1.07. The standard InChI is InChI=1S/C5H6F3N3/c1-2-11-9-3-4(10-11)5(6,7)8/h3H,2H2,1H3. The van der Waals surface area contributed by atoms with Crippen LogP contribution >= 0.6 is 0 Å². The molecular formula is C5H6F3N3. The third-order valence-corrected chi connectivity index (χ3v) is 1.11. The second-order valence-electron chi connectivity index (χ2n) is 1.92. The summed E-state index contributed by atoms with van der Waals surface area (Å²) in [6.45, 7) is 2.01. The highest BCUT2D eigenvalue weighted by Crippen LogP contribution is 2.26. The van der Waals surface area contributed by atoms with Crippen molar-refractivity contribution in [3.8, 4) is 0 Å². The summed E-state index contributed by atoms with van der Waals surface area (Å²) >= 11 is 0.